The highest BCUT2D eigenvalue weighted by molar-refractivity contribution is 5.76. The smallest absolute Gasteiger partial charge is 0.305 e. The van der Waals surface area contributed by atoms with Crippen LogP contribution in [0, 0.1) is 0 Å². The van der Waals surface area contributed by atoms with Gasteiger partial charge in [0.05, 0.1) is 25.4 Å². The Kier molecular flexibility index (Phi) is 47.6. The lowest BCUT2D eigenvalue weighted by Crippen LogP contribution is -2.45. The highest BCUT2D eigenvalue weighted by Crippen LogP contribution is 2.16. The van der Waals surface area contributed by atoms with Gasteiger partial charge in [-0.15, -0.1) is 0 Å². The molecule has 2 unspecified atom stereocenters. The first-order chi connectivity index (χ1) is 29.0. The summed E-state index contributed by atoms with van der Waals surface area (Å²) in [6.07, 6.45) is 57.6. The Balaban J connectivity index is 3.53. The van der Waals surface area contributed by atoms with E-state index >= 15 is 0 Å². The van der Waals surface area contributed by atoms with Crippen molar-refractivity contribution in [3.05, 3.63) is 24.3 Å². The van der Waals surface area contributed by atoms with Gasteiger partial charge in [-0.25, -0.2) is 0 Å². The molecule has 0 saturated heterocycles. The summed E-state index contributed by atoms with van der Waals surface area (Å²) in [4.78, 5) is 24.5. The number of carbonyl (C=O) groups is 2. The van der Waals surface area contributed by atoms with Crippen LogP contribution in [0.15, 0.2) is 24.3 Å². The Hall–Kier alpha value is -1.66. The number of unbranched alkanes of at least 4 members (excludes halogenated alkanes) is 35. The van der Waals surface area contributed by atoms with Crippen LogP contribution in [0.4, 0.5) is 0 Å². The van der Waals surface area contributed by atoms with Gasteiger partial charge in [-0.2, -0.15) is 0 Å². The summed E-state index contributed by atoms with van der Waals surface area (Å²) in [5.41, 5.74) is 0. The molecule has 0 aliphatic rings. The number of hydrogen-bond acceptors (Lipinski definition) is 5. The van der Waals surface area contributed by atoms with Gasteiger partial charge in [0.2, 0.25) is 5.91 Å². The fourth-order valence-corrected chi connectivity index (χ4v) is 7.92. The van der Waals surface area contributed by atoms with Crippen molar-refractivity contribution in [3.8, 4) is 0 Å². The summed E-state index contributed by atoms with van der Waals surface area (Å²) >= 11 is 0. The van der Waals surface area contributed by atoms with E-state index in [0.717, 1.165) is 77.0 Å². The SMILES string of the molecule is CCCCCCCCCCCCCC/C=C/C(O)C(CO)NC(=O)CCCCCC/C=C\CCCCOC(=O)CCCCCCCCCCCCCCCCCCCC. The molecule has 0 spiro atoms. The maximum atomic E-state index is 12.4. The Morgan fingerprint density at radius 1 is 0.458 bits per heavy atom. The van der Waals surface area contributed by atoms with E-state index in [0.29, 0.717) is 19.4 Å². The Morgan fingerprint density at radius 3 is 1.20 bits per heavy atom. The summed E-state index contributed by atoms with van der Waals surface area (Å²) in [5, 5.41) is 23.0. The number of hydrogen-bond donors (Lipinski definition) is 3. The Labute approximate surface area is 367 Å². The summed E-state index contributed by atoms with van der Waals surface area (Å²) in [7, 11) is 0. The quantitative estimate of drug-likeness (QED) is 0.0322. The average molecular weight is 832 g/mol. The standard InChI is InChI=1S/C53H101NO5/c1-3-5-7-9-11-13-15-17-19-20-21-22-24-26-31-35-39-43-47-53(58)59-48-44-40-36-32-28-27-30-34-38-42-46-52(57)54-50(49-55)51(56)45-41-37-33-29-25-23-18-16-14-12-10-8-6-4-2/h28,32,41,45,50-51,55-56H,3-27,29-31,33-40,42-44,46-49H2,1-2H3,(H,54,57)/b32-28-,45-41+. The zero-order valence-electron chi connectivity index (χ0n) is 39.5. The van der Waals surface area contributed by atoms with E-state index in [1.165, 1.54) is 173 Å². The molecule has 0 bridgehead atoms. The number of carbonyl (C=O) groups excluding carboxylic acids is 2. The molecule has 0 rings (SSSR count). The summed E-state index contributed by atoms with van der Waals surface area (Å²) in [6.45, 7) is 4.82. The maximum absolute atomic E-state index is 12.4. The summed E-state index contributed by atoms with van der Waals surface area (Å²) in [5.74, 6) is -0.138. The van der Waals surface area contributed by atoms with E-state index in [4.69, 9.17) is 4.74 Å². The predicted octanol–water partition coefficient (Wildman–Crippen LogP) is 15.5. The van der Waals surface area contributed by atoms with Gasteiger partial charge in [0.15, 0.2) is 0 Å². The fourth-order valence-electron chi connectivity index (χ4n) is 7.92. The summed E-state index contributed by atoms with van der Waals surface area (Å²) < 4.78 is 5.44. The lowest BCUT2D eigenvalue weighted by molar-refractivity contribution is -0.143. The molecule has 1 amide bonds. The molecule has 0 aliphatic heterocycles. The second kappa shape index (κ2) is 49.0. The molecular weight excluding hydrogens is 731 g/mol. The minimum absolute atomic E-state index is 0.0344. The molecule has 348 valence electrons. The lowest BCUT2D eigenvalue weighted by Gasteiger charge is -2.20. The minimum atomic E-state index is -0.865. The molecule has 0 saturated carbocycles. The zero-order valence-corrected chi connectivity index (χ0v) is 39.5. The van der Waals surface area contributed by atoms with Gasteiger partial charge in [-0.05, 0) is 57.8 Å². The monoisotopic (exact) mass is 832 g/mol. The van der Waals surface area contributed by atoms with Gasteiger partial charge in [0.1, 0.15) is 0 Å². The molecule has 3 N–H and O–H groups in total. The number of ether oxygens (including phenoxy) is 1. The summed E-state index contributed by atoms with van der Waals surface area (Å²) in [6, 6.07) is -0.652. The van der Waals surface area contributed by atoms with E-state index in [1.807, 2.05) is 6.08 Å². The van der Waals surface area contributed by atoms with Crippen LogP contribution in [0.2, 0.25) is 0 Å². The topological polar surface area (TPSA) is 95.9 Å². The van der Waals surface area contributed by atoms with Crippen molar-refractivity contribution < 1.29 is 24.5 Å². The van der Waals surface area contributed by atoms with E-state index in [1.54, 1.807) is 6.08 Å². The number of rotatable bonds is 48. The minimum Gasteiger partial charge on any atom is -0.466 e. The fraction of sp³-hybridized carbons (Fsp3) is 0.887. The highest BCUT2D eigenvalue weighted by atomic mass is 16.5. The van der Waals surface area contributed by atoms with Gasteiger partial charge in [-0.1, -0.05) is 231 Å². The van der Waals surface area contributed by atoms with Crippen LogP contribution in [0.5, 0.6) is 0 Å². The molecule has 0 aromatic carbocycles. The normalized spacial score (nSPS) is 12.8. The molecule has 6 heteroatoms. The molecule has 6 nitrogen and oxygen atoms in total. The zero-order chi connectivity index (χ0) is 43.0. The second-order valence-corrected chi connectivity index (χ2v) is 17.9. The number of allylic oxidation sites excluding steroid dienone is 3. The van der Waals surface area contributed by atoms with E-state index in [2.05, 4.69) is 31.3 Å². The Morgan fingerprint density at radius 2 is 0.797 bits per heavy atom. The van der Waals surface area contributed by atoms with Crippen molar-refractivity contribution in [1.29, 1.82) is 0 Å². The van der Waals surface area contributed by atoms with Gasteiger partial charge < -0.3 is 20.3 Å². The van der Waals surface area contributed by atoms with Crippen LogP contribution in [0.3, 0.4) is 0 Å². The van der Waals surface area contributed by atoms with Gasteiger partial charge in [0.25, 0.3) is 0 Å². The second-order valence-electron chi connectivity index (χ2n) is 17.9. The van der Waals surface area contributed by atoms with Crippen LogP contribution in [-0.4, -0.2) is 47.4 Å². The maximum Gasteiger partial charge on any atom is 0.305 e. The van der Waals surface area contributed by atoms with Crippen molar-refractivity contribution in [2.24, 2.45) is 0 Å². The van der Waals surface area contributed by atoms with Crippen LogP contribution < -0.4 is 5.32 Å². The van der Waals surface area contributed by atoms with E-state index < -0.39 is 12.1 Å². The third-order valence-corrected chi connectivity index (χ3v) is 12.0. The van der Waals surface area contributed by atoms with Crippen molar-refractivity contribution >= 4 is 11.9 Å². The van der Waals surface area contributed by atoms with Crippen molar-refractivity contribution in [1.82, 2.24) is 5.32 Å². The molecule has 0 aromatic heterocycles. The highest BCUT2D eigenvalue weighted by Gasteiger charge is 2.18. The molecule has 59 heavy (non-hydrogen) atoms. The average Bonchev–Trinajstić information content (AvgIpc) is 3.24. The lowest BCUT2D eigenvalue weighted by atomic mass is 10.0. The van der Waals surface area contributed by atoms with E-state index in [-0.39, 0.29) is 18.5 Å². The van der Waals surface area contributed by atoms with Crippen molar-refractivity contribution in [2.75, 3.05) is 13.2 Å². The molecular formula is C53H101NO5. The predicted molar refractivity (Wildman–Crippen MR) is 255 cm³/mol. The third-order valence-electron chi connectivity index (χ3n) is 12.0. The van der Waals surface area contributed by atoms with Gasteiger partial charge >= 0.3 is 5.97 Å². The largest absolute Gasteiger partial charge is 0.466 e. The number of amides is 1. The van der Waals surface area contributed by atoms with Crippen molar-refractivity contribution in [2.45, 2.75) is 289 Å². The van der Waals surface area contributed by atoms with Crippen LogP contribution in [-0.2, 0) is 14.3 Å². The first-order valence-corrected chi connectivity index (χ1v) is 26.1. The molecule has 0 aromatic rings. The van der Waals surface area contributed by atoms with Crippen LogP contribution in [0.1, 0.15) is 277 Å². The first-order valence-electron chi connectivity index (χ1n) is 26.1. The molecule has 2 atom stereocenters. The van der Waals surface area contributed by atoms with Gasteiger partial charge in [-0.3, -0.25) is 9.59 Å². The Bertz CT molecular complexity index is 920. The van der Waals surface area contributed by atoms with E-state index in [9.17, 15) is 19.8 Å². The number of esters is 1. The van der Waals surface area contributed by atoms with Crippen LogP contribution in [0.25, 0.3) is 0 Å². The number of nitrogens with one attached hydrogen (secondary N) is 1. The first kappa shape index (κ1) is 57.3. The van der Waals surface area contributed by atoms with Gasteiger partial charge in [0, 0.05) is 12.8 Å². The molecule has 0 fully saturated rings. The molecule has 0 aliphatic carbocycles. The molecule has 0 heterocycles. The number of aliphatic hydroxyl groups excluding tert-OH is 2. The van der Waals surface area contributed by atoms with Crippen molar-refractivity contribution in [3.63, 3.8) is 0 Å². The van der Waals surface area contributed by atoms with Crippen LogP contribution >= 0.6 is 0 Å². The number of aliphatic hydroxyl groups is 2. The third kappa shape index (κ3) is 45.7. The molecule has 0 radical (unpaired) electrons.